The Kier molecular flexibility index (Phi) is 3.57. The third kappa shape index (κ3) is 2.88. The molecule has 102 valence electrons. The molecule has 1 aromatic heterocycles. The number of pyridine rings is 1. The van der Waals surface area contributed by atoms with Crippen LogP contribution in [0.5, 0.6) is 0 Å². The minimum Gasteiger partial charge on any atom is -0.381 e. The third-order valence-electron chi connectivity index (χ3n) is 3.44. The zero-order valence-electron chi connectivity index (χ0n) is 11.9. The van der Waals surface area contributed by atoms with E-state index >= 15 is 0 Å². The molecular formula is C19H16N2. The summed E-state index contributed by atoms with van der Waals surface area (Å²) in [5.41, 5.74) is 5.22. The average Bonchev–Trinajstić information content (AvgIpc) is 2.52. The van der Waals surface area contributed by atoms with Crippen LogP contribution in [0.25, 0.3) is 10.9 Å². The molecule has 0 fully saturated rings. The van der Waals surface area contributed by atoms with E-state index in [1.165, 1.54) is 10.9 Å². The molecular weight excluding hydrogens is 256 g/mol. The molecule has 1 N–H and O–H groups in total. The topological polar surface area (TPSA) is 24.9 Å². The van der Waals surface area contributed by atoms with Crippen molar-refractivity contribution in [1.29, 1.82) is 0 Å². The number of nitrogens with zero attached hydrogens (tertiary/aromatic N) is 1. The van der Waals surface area contributed by atoms with Crippen molar-refractivity contribution in [2.45, 2.75) is 13.5 Å². The van der Waals surface area contributed by atoms with Crippen molar-refractivity contribution in [2.75, 3.05) is 5.32 Å². The molecule has 0 radical (unpaired) electrons. The molecule has 0 aliphatic rings. The number of fused-ring (bicyclic) bond motifs is 1. The van der Waals surface area contributed by atoms with Crippen LogP contribution in [-0.2, 0) is 6.54 Å². The zero-order valence-corrected chi connectivity index (χ0v) is 11.9. The molecule has 0 unspecified atom stereocenters. The van der Waals surface area contributed by atoms with E-state index in [0.29, 0.717) is 0 Å². The number of para-hydroxylation sites is 1. The van der Waals surface area contributed by atoms with E-state index in [9.17, 15) is 0 Å². The van der Waals surface area contributed by atoms with Gasteiger partial charge >= 0.3 is 0 Å². The van der Waals surface area contributed by atoms with Crippen LogP contribution in [0.4, 0.5) is 5.69 Å². The van der Waals surface area contributed by atoms with Crippen LogP contribution in [0.3, 0.4) is 0 Å². The van der Waals surface area contributed by atoms with Gasteiger partial charge in [-0.1, -0.05) is 30.2 Å². The van der Waals surface area contributed by atoms with Gasteiger partial charge in [0.2, 0.25) is 0 Å². The van der Waals surface area contributed by atoms with E-state index in [4.69, 9.17) is 6.42 Å². The first-order valence-electron chi connectivity index (χ1n) is 6.92. The average molecular weight is 272 g/mol. The van der Waals surface area contributed by atoms with Crippen molar-refractivity contribution in [3.05, 3.63) is 71.4 Å². The number of aryl methyl sites for hydroxylation is 1. The van der Waals surface area contributed by atoms with Gasteiger partial charge in [0.15, 0.2) is 0 Å². The number of aromatic nitrogens is 1. The van der Waals surface area contributed by atoms with Crippen LogP contribution in [0, 0.1) is 19.3 Å². The van der Waals surface area contributed by atoms with Gasteiger partial charge in [0.05, 0.1) is 5.52 Å². The highest BCUT2D eigenvalue weighted by Gasteiger charge is 2.03. The Hall–Kier alpha value is -2.79. The molecule has 0 saturated heterocycles. The predicted molar refractivity (Wildman–Crippen MR) is 88.2 cm³/mol. The van der Waals surface area contributed by atoms with Gasteiger partial charge in [-0.05, 0) is 42.8 Å². The van der Waals surface area contributed by atoms with Gasteiger partial charge in [-0.25, -0.2) is 0 Å². The molecule has 0 aliphatic carbocycles. The van der Waals surface area contributed by atoms with Gasteiger partial charge in [-0.3, -0.25) is 4.98 Å². The largest absolute Gasteiger partial charge is 0.381 e. The highest BCUT2D eigenvalue weighted by Crippen LogP contribution is 2.20. The molecule has 21 heavy (non-hydrogen) atoms. The maximum absolute atomic E-state index is 5.43. The molecule has 0 saturated carbocycles. The van der Waals surface area contributed by atoms with Crippen molar-refractivity contribution in [3.8, 4) is 12.3 Å². The summed E-state index contributed by atoms with van der Waals surface area (Å²) in [5, 5.41) is 4.62. The van der Waals surface area contributed by atoms with E-state index in [1.54, 1.807) is 0 Å². The Balaban J connectivity index is 1.90. The van der Waals surface area contributed by atoms with E-state index in [0.717, 1.165) is 29.0 Å². The Morgan fingerprint density at radius 1 is 1.10 bits per heavy atom. The number of nitrogens with one attached hydrogen (secondary N) is 1. The Bertz CT molecular complexity index is 828. The quantitative estimate of drug-likeness (QED) is 0.725. The van der Waals surface area contributed by atoms with Crippen molar-refractivity contribution >= 4 is 16.6 Å². The molecule has 0 atom stereocenters. The smallest absolute Gasteiger partial charge is 0.0708 e. The highest BCUT2D eigenvalue weighted by atomic mass is 14.9. The Morgan fingerprint density at radius 3 is 2.81 bits per heavy atom. The Labute approximate surface area is 124 Å². The number of benzene rings is 2. The molecule has 0 aliphatic heterocycles. The zero-order chi connectivity index (χ0) is 14.7. The summed E-state index contributed by atoms with van der Waals surface area (Å²) >= 11 is 0. The minimum atomic E-state index is 0.748. The number of hydrogen-bond acceptors (Lipinski definition) is 2. The standard InChI is InChI=1S/C19H16N2/c1-3-15-7-6-8-17(12-15)20-13-16-11-14(2)21-19-10-5-4-9-18(16)19/h1,4-12,20H,13H2,2H3. The molecule has 0 amide bonds. The van der Waals surface area contributed by atoms with Crippen LogP contribution < -0.4 is 5.32 Å². The summed E-state index contributed by atoms with van der Waals surface area (Å²) in [6.07, 6.45) is 5.43. The predicted octanol–water partition coefficient (Wildman–Crippen LogP) is 4.14. The van der Waals surface area contributed by atoms with Crippen LogP contribution in [0.1, 0.15) is 16.8 Å². The molecule has 2 nitrogen and oxygen atoms in total. The van der Waals surface area contributed by atoms with Crippen molar-refractivity contribution in [3.63, 3.8) is 0 Å². The SMILES string of the molecule is C#Cc1cccc(NCc2cc(C)nc3ccccc23)c1. The van der Waals surface area contributed by atoms with Crippen LogP contribution in [0.2, 0.25) is 0 Å². The molecule has 1 heterocycles. The molecule has 3 rings (SSSR count). The second kappa shape index (κ2) is 5.68. The first-order valence-corrected chi connectivity index (χ1v) is 6.92. The normalized spacial score (nSPS) is 10.3. The lowest BCUT2D eigenvalue weighted by atomic mass is 10.1. The molecule has 3 aromatic rings. The van der Waals surface area contributed by atoms with Gasteiger partial charge in [-0.15, -0.1) is 6.42 Å². The van der Waals surface area contributed by atoms with E-state index in [1.807, 2.05) is 49.4 Å². The van der Waals surface area contributed by atoms with Gasteiger partial charge in [0.25, 0.3) is 0 Å². The second-order valence-electron chi connectivity index (χ2n) is 5.02. The summed E-state index contributed by atoms with van der Waals surface area (Å²) in [5.74, 6) is 2.65. The molecule has 0 bridgehead atoms. The summed E-state index contributed by atoms with van der Waals surface area (Å²) < 4.78 is 0. The molecule has 2 heteroatoms. The van der Waals surface area contributed by atoms with Crippen molar-refractivity contribution in [1.82, 2.24) is 4.98 Å². The first-order chi connectivity index (χ1) is 10.3. The number of anilines is 1. The number of hydrogen-bond donors (Lipinski definition) is 1. The van der Waals surface area contributed by atoms with E-state index < -0.39 is 0 Å². The lowest BCUT2D eigenvalue weighted by molar-refractivity contribution is 1.13. The molecule has 0 spiro atoms. The lowest BCUT2D eigenvalue weighted by Crippen LogP contribution is -2.01. The van der Waals surface area contributed by atoms with Gasteiger partial charge in [-0.2, -0.15) is 0 Å². The summed E-state index contributed by atoms with van der Waals surface area (Å²) in [7, 11) is 0. The van der Waals surface area contributed by atoms with Gasteiger partial charge in [0.1, 0.15) is 0 Å². The maximum Gasteiger partial charge on any atom is 0.0708 e. The van der Waals surface area contributed by atoms with Crippen LogP contribution in [-0.4, -0.2) is 4.98 Å². The fraction of sp³-hybridized carbons (Fsp3) is 0.105. The Morgan fingerprint density at radius 2 is 1.95 bits per heavy atom. The first kappa shape index (κ1) is 13.2. The van der Waals surface area contributed by atoms with Crippen molar-refractivity contribution < 1.29 is 0 Å². The third-order valence-corrected chi connectivity index (χ3v) is 3.44. The van der Waals surface area contributed by atoms with Crippen molar-refractivity contribution in [2.24, 2.45) is 0 Å². The molecule has 2 aromatic carbocycles. The van der Waals surface area contributed by atoms with Crippen LogP contribution in [0.15, 0.2) is 54.6 Å². The van der Waals surface area contributed by atoms with Gasteiger partial charge < -0.3 is 5.32 Å². The number of terminal acetylenes is 1. The highest BCUT2D eigenvalue weighted by molar-refractivity contribution is 5.82. The second-order valence-corrected chi connectivity index (χ2v) is 5.02. The summed E-state index contributed by atoms with van der Waals surface area (Å²) in [6.45, 7) is 2.77. The maximum atomic E-state index is 5.43. The van der Waals surface area contributed by atoms with E-state index in [-0.39, 0.29) is 0 Å². The fourth-order valence-electron chi connectivity index (χ4n) is 2.46. The monoisotopic (exact) mass is 272 g/mol. The van der Waals surface area contributed by atoms with Gasteiger partial charge in [0, 0.05) is 28.9 Å². The fourth-order valence-corrected chi connectivity index (χ4v) is 2.46. The van der Waals surface area contributed by atoms with E-state index in [2.05, 4.69) is 28.4 Å². The minimum absolute atomic E-state index is 0.748. The summed E-state index contributed by atoms with van der Waals surface area (Å²) in [4.78, 5) is 4.56. The van der Waals surface area contributed by atoms with Crippen LogP contribution >= 0.6 is 0 Å². The lowest BCUT2D eigenvalue weighted by Gasteiger charge is -2.10. The number of rotatable bonds is 3. The summed E-state index contributed by atoms with van der Waals surface area (Å²) in [6, 6.07) is 18.2.